The van der Waals surface area contributed by atoms with Crippen molar-refractivity contribution >= 4 is 34.6 Å². The Morgan fingerprint density at radius 1 is 0.889 bits per heavy atom. The number of nitrogens with zero attached hydrogens (tertiary/aromatic N) is 2. The van der Waals surface area contributed by atoms with Gasteiger partial charge in [-0.3, -0.25) is 4.79 Å². The SMILES string of the molecule is COc1c(C)cccc1C(=O)Nc1ccc(N2CCN(c3c(F)c(F)c(F)c(F)c3F)CC2)c(Cl)c1. The molecule has 0 bridgehead atoms. The van der Waals surface area contributed by atoms with Gasteiger partial charge in [-0.1, -0.05) is 23.7 Å². The van der Waals surface area contributed by atoms with E-state index in [0.717, 1.165) is 10.5 Å². The Morgan fingerprint density at radius 2 is 1.47 bits per heavy atom. The zero-order chi connectivity index (χ0) is 26.1. The summed E-state index contributed by atoms with van der Waals surface area (Å²) < 4.78 is 74.2. The topological polar surface area (TPSA) is 44.8 Å². The molecule has 5 nitrogen and oxygen atoms in total. The van der Waals surface area contributed by atoms with E-state index in [1.165, 1.54) is 7.11 Å². The number of amides is 1. The van der Waals surface area contributed by atoms with E-state index in [1.54, 1.807) is 30.3 Å². The van der Waals surface area contributed by atoms with Crippen LogP contribution in [0.3, 0.4) is 0 Å². The number of carbonyl (C=O) groups is 1. The maximum Gasteiger partial charge on any atom is 0.259 e. The van der Waals surface area contributed by atoms with Crippen molar-refractivity contribution in [2.24, 2.45) is 0 Å². The highest BCUT2D eigenvalue weighted by Gasteiger charge is 2.31. The van der Waals surface area contributed by atoms with E-state index in [0.29, 0.717) is 27.7 Å². The van der Waals surface area contributed by atoms with Crippen molar-refractivity contribution in [2.75, 3.05) is 48.4 Å². The molecule has 11 heteroatoms. The van der Waals surface area contributed by atoms with Gasteiger partial charge in [-0.25, -0.2) is 22.0 Å². The molecule has 0 unspecified atom stereocenters. The number of hydrogen-bond acceptors (Lipinski definition) is 4. The predicted molar refractivity (Wildman–Crippen MR) is 128 cm³/mol. The van der Waals surface area contributed by atoms with Gasteiger partial charge < -0.3 is 19.9 Å². The lowest BCUT2D eigenvalue weighted by Gasteiger charge is -2.38. The maximum absolute atomic E-state index is 14.2. The predicted octanol–water partition coefficient (Wildman–Crippen LogP) is 5.93. The van der Waals surface area contributed by atoms with Crippen molar-refractivity contribution in [3.05, 3.63) is 81.6 Å². The first-order chi connectivity index (χ1) is 17.1. The first-order valence-electron chi connectivity index (χ1n) is 10.9. The third-order valence-corrected chi connectivity index (χ3v) is 6.29. The fraction of sp³-hybridized carbons (Fsp3) is 0.240. The fourth-order valence-electron chi connectivity index (χ4n) is 4.18. The van der Waals surface area contributed by atoms with Gasteiger partial charge in [-0.2, -0.15) is 0 Å². The summed E-state index contributed by atoms with van der Waals surface area (Å²) in [7, 11) is 1.48. The Kier molecular flexibility index (Phi) is 7.26. The Labute approximate surface area is 209 Å². The number of para-hydroxylation sites is 1. The van der Waals surface area contributed by atoms with Crippen molar-refractivity contribution in [3.63, 3.8) is 0 Å². The van der Waals surface area contributed by atoms with Crippen LogP contribution in [0.5, 0.6) is 5.75 Å². The molecule has 0 aliphatic carbocycles. The molecule has 0 aromatic heterocycles. The average Bonchev–Trinajstić information content (AvgIpc) is 2.87. The largest absolute Gasteiger partial charge is 0.496 e. The summed E-state index contributed by atoms with van der Waals surface area (Å²) in [6.45, 7) is 2.25. The van der Waals surface area contributed by atoms with E-state index in [4.69, 9.17) is 16.3 Å². The van der Waals surface area contributed by atoms with Crippen molar-refractivity contribution in [3.8, 4) is 5.75 Å². The molecule has 4 rings (SSSR count). The lowest BCUT2D eigenvalue weighted by Crippen LogP contribution is -2.47. The molecule has 1 heterocycles. The second-order valence-corrected chi connectivity index (χ2v) is 8.58. The number of piperazine rings is 1. The molecule has 0 radical (unpaired) electrons. The van der Waals surface area contributed by atoms with Crippen LogP contribution in [0.1, 0.15) is 15.9 Å². The molecule has 1 N–H and O–H groups in total. The normalized spacial score (nSPS) is 13.7. The lowest BCUT2D eigenvalue weighted by atomic mass is 10.1. The Bertz CT molecular complexity index is 1300. The van der Waals surface area contributed by atoms with E-state index in [1.807, 2.05) is 17.9 Å². The quantitative estimate of drug-likeness (QED) is 0.255. The molecule has 3 aromatic rings. The van der Waals surface area contributed by atoms with Gasteiger partial charge in [0, 0.05) is 31.9 Å². The van der Waals surface area contributed by atoms with Crippen LogP contribution in [0, 0.1) is 36.0 Å². The molecule has 36 heavy (non-hydrogen) atoms. The summed E-state index contributed by atoms with van der Waals surface area (Å²) in [4.78, 5) is 15.7. The number of nitrogens with one attached hydrogen (secondary N) is 1. The minimum absolute atomic E-state index is 0.000319. The first-order valence-corrected chi connectivity index (χ1v) is 11.3. The van der Waals surface area contributed by atoms with Gasteiger partial charge in [0.1, 0.15) is 11.4 Å². The second-order valence-electron chi connectivity index (χ2n) is 8.17. The number of anilines is 3. The number of aryl methyl sites for hydroxylation is 1. The molecular weight excluding hydrogens is 505 g/mol. The van der Waals surface area contributed by atoms with Crippen LogP contribution in [-0.2, 0) is 0 Å². The Morgan fingerprint density at radius 3 is 2.06 bits per heavy atom. The highest BCUT2D eigenvalue weighted by atomic mass is 35.5. The zero-order valence-corrected chi connectivity index (χ0v) is 20.0. The summed E-state index contributed by atoms with van der Waals surface area (Å²) in [6, 6.07) is 10.1. The number of hydrogen-bond donors (Lipinski definition) is 1. The molecule has 3 aromatic carbocycles. The van der Waals surface area contributed by atoms with Crippen LogP contribution < -0.4 is 19.9 Å². The van der Waals surface area contributed by atoms with Crippen LogP contribution in [0.2, 0.25) is 5.02 Å². The van der Waals surface area contributed by atoms with Crippen LogP contribution in [0.15, 0.2) is 36.4 Å². The minimum atomic E-state index is -2.19. The van der Waals surface area contributed by atoms with Gasteiger partial charge in [-0.05, 0) is 36.8 Å². The van der Waals surface area contributed by atoms with Gasteiger partial charge in [-0.15, -0.1) is 0 Å². The zero-order valence-electron chi connectivity index (χ0n) is 19.3. The number of carbonyl (C=O) groups excluding carboxylic acids is 1. The van der Waals surface area contributed by atoms with Gasteiger partial charge in [0.25, 0.3) is 5.91 Å². The standard InChI is InChI=1S/C25H21ClF5N3O2/c1-13-4-3-5-15(24(13)36-2)25(35)32-14-6-7-17(16(26)12-14)33-8-10-34(11-9-33)23-21(30)19(28)18(27)20(29)22(23)31/h3-7,12H,8-11H2,1-2H3,(H,32,35). The van der Waals surface area contributed by atoms with E-state index in [2.05, 4.69) is 5.32 Å². The molecule has 1 amide bonds. The Balaban J connectivity index is 1.47. The molecule has 1 aliphatic rings. The number of rotatable bonds is 5. The second kappa shape index (κ2) is 10.2. The third kappa shape index (κ3) is 4.65. The van der Waals surface area contributed by atoms with Crippen LogP contribution in [0.4, 0.5) is 39.0 Å². The maximum atomic E-state index is 14.2. The van der Waals surface area contributed by atoms with Crippen LogP contribution >= 0.6 is 11.6 Å². The Hall–Kier alpha value is -3.53. The van der Waals surface area contributed by atoms with Gasteiger partial charge in [0.2, 0.25) is 5.82 Å². The van der Waals surface area contributed by atoms with E-state index in [-0.39, 0.29) is 32.1 Å². The molecule has 1 saturated heterocycles. The number of benzene rings is 3. The van der Waals surface area contributed by atoms with Crippen molar-refractivity contribution < 1.29 is 31.5 Å². The van der Waals surface area contributed by atoms with Crippen molar-refractivity contribution in [2.45, 2.75) is 6.92 Å². The summed E-state index contributed by atoms with van der Waals surface area (Å²) in [5.41, 5.74) is 1.27. The highest BCUT2D eigenvalue weighted by Crippen LogP contribution is 2.34. The van der Waals surface area contributed by atoms with E-state index in [9.17, 15) is 26.7 Å². The number of halogens is 6. The summed E-state index contributed by atoms with van der Waals surface area (Å²) in [5.74, 6) is -9.77. The third-order valence-electron chi connectivity index (χ3n) is 5.99. The van der Waals surface area contributed by atoms with Crippen molar-refractivity contribution in [1.29, 1.82) is 0 Å². The average molecular weight is 526 g/mol. The lowest BCUT2D eigenvalue weighted by molar-refractivity contribution is 0.102. The monoisotopic (exact) mass is 525 g/mol. The van der Waals surface area contributed by atoms with Crippen LogP contribution in [0.25, 0.3) is 0 Å². The van der Waals surface area contributed by atoms with Gasteiger partial charge in [0.05, 0.1) is 23.4 Å². The summed E-state index contributed by atoms with van der Waals surface area (Å²) in [5, 5.41) is 3.09. The van der Waals surface area contributed by atoms with E-state index < -0.39 is 34.8 Å². The highest BCUT2D eigenvalue weighted by molar-refractivity contribution is 6.33. The molecule has 0 saturated carbocycles. The minimum Gasteiger partial charge on any atom is -0.496 e. The smallest absolute Gasteiger partial charge is 0.259 e. The molecule has 0 spiro atoms. The summed E-state index contributed by atoms with van der Waals surface area (Å²) >= 11 is 6.45. The van der Waals surface area contributed by atoms with Crippen molar-refractivity contribution in [1.82, 2.24) is 0 Å². The molecule has 0 atom stereocenters. The fourth-order valence-corrected chi connectivity index (χ4v) is 4.48. The molecule has 1 aliphatic heterocycles. The number of methoxy groups -OCH3 is 1. The van der Waals surface area contributed by atoms with Gasteiger partial charge >= 0.3 is 0 Å². The molecular formula is C25H21ClF5N3O2. The summed E-state index contributed by atoms with van der Waals surface area (Å²) in [6.07, 6.45) is 0. The van der Waals surface area contributed by atoms with E-state index >= 15 is 0 Å². The van der Waals surface area contributed by atoms with Crippen LogP contribution in [-0.4, -0.2) is 39.2 Å². The van der Waals surface area contributed by atoms with Gasteiger partial charge in [0.15, 0.2) is 23.3 Å². The first kappa shape index (κ1) is 25.6. The number of ether oxygens (including phenoxy) is 1. The molecule has 1 fully saturated rings. The molecule has 190 valence electrons.